The number of amides is 2. The fourth-order valence-electron chi connectivity index (χ4n) is 1.84. The molecular weight excluding hydrogens is 289 g/mol. The van der Waals surface area contributed by atoms with Crippen LogP contribution in [0.4, 0.5) is 23.7 Å². The number of carbonyl (C=O) groups is 2. The smallest absolute Gasteiger partial charge is 0.322 e. The van der Waals surface area contributed by atoms with Crippen LogP contribution in [-0.4, -0.2) is 34.6 Å². The van der Waals surface area contributed by atoms with Crippen molar-refractivity contribution in [3.8, 4) is 0 Å². The lowest BCUT2D eigenvalue weighted by Gasteiger charge is -2.27. The fourth-order valence-corrected chi connectivity index (χ4v) is 1.84. The highest BCUT2D eigenvalue weighted by atomic mass is 19.2. The first-order valence-corrected chi connectivity index (χ1v) is 6.20. The van der Waals surface area contributed by atoms with Gasteiger partial charge in [-0.15, -0.1) is 0 Å². The maximum Gasteiger partial charge on any atom is 0.322 e. The average Bonchev–Trinajstić information content (AvgIpc) is 2.35. The van der Waals surface area contributed by atoms with Gasteiger partial charge in [-0.3, -0.25) is 4.79 Å². The molecule has 0 radical (unpaired) electrons. The van der Waals surface area contributed by atoms with E-state index in [1.165, 1.54) is 11.8 Å². The molecule has 1 aromatic carbocycles. The van der Waals surface area contributed by atoms with Crippen molar-refractivity contribution in [3.05, 3.63) is 29.6 Å². The molecule has 2 amide bonds. The zero-order valence-corrected chi connectivity index (χ0v) is 11.5. The summed E-state index contributed by atoms with van der Waals surface area (Å²) in [7, 11) is 0. The van der Waals surface area contributed by atoms with E-state index in [1.54, 1.807) is 6.92 Å². The minimum absolute atomic E-state index is 0.201. The highest BCUT2D eigenvalue weighted by Crippen LogP contribution is 2.18. The van der Waals surface area contributed by atoms with E-state index in [9.17, 15) is 22.8 Å². The fraction of sp³-hybridized carbons (Fsp3) is 0.385. The van der Waals surface area contributed by atoms with Gasteiger partial charge in [0.1, 0.15) is 0 Å². The van der Waals surface area contributed by atoms with Crippen molar-refractivity contribution in [1.29, 1.82) is 0 Å². The number of nitrogens with zero attached hydrogens (tertiary/aromatic N) is 1. The first kappa shape index (κ1) is 16.8. The summed E-state index contributed by atoms with van der Waals surface area (Å²) >= 11 is 0. The van der Waals surface area contributed by atoms with Gasteiger partial charge in [0.15, 0.2) is 17.5 Å². The molecule has 0 spiro atoms. The lowest BCUT2D eigenvalue weighted by molar-refractivity contribution is -0.137. The second kappa shape index (κ2) is 6.96. The van der Waals surface area contributed by atoms with Crippen LogP contribution in [0.15, 0.2) is 12.1 Å². The Balaban J connectivity index is 2.85. The lowest BCUT2D eigenvalue weighted by atomic mass is 10.2. The number of benzene rings is 1. The summed E-state index contributed by atoms with van der Waals surface area (Å²) in [6.45, 7) is 3.36. The van der Waals surface area contributed by atoms with Crippen LogP contribution < -0.4 is 5.32 Å². The van der Waals surface area contributed by atoms with Crippen LogP contribution >= 0.6 is 0 Å². The predicted octanol–water partition coefficient (Wildman–Crippen LogP) is 2.82. The zero-order chi connectivity index (χ0) is 16.2. The van der Waals surface area contributed by atoms with Gasteiger partial charge in [-0.2, -0.15) is 0 Å². The van der Waals surface area contributed by atoms with Crippen LogP contribution in [0.2, 0.25) is 0 Å². The Morgan fingerprint density at radius 1 is 1.29 bits per heavy atom. The molecule has 1 atom stereocenters. The van der Waals surface area contributed by atoms with Gasteiger partial charge in [-0.25, -0.2) is 18.0 Å². The molecule has 0 heterocycles. The summed E-state index contributed by atoms with van der Waals surface area (Å²) in [6, 6.07) is -0.0443. The van der Waals surface area contributed by atoms with E-state index in [1.807, 2.05) is 0 Å². The van der Waals surface area contributed by atoms with E-state index in [4.69, 9.17) is 5.11 Å². The van der Waals surface area contributed by atoms with Crippen molar-refractivity contribution in [1.82, 2.24) is 4.90 Å². The largest absolute Gasteiger partial charge is 0.481 e. The van der Waals surface area contributed by atoms with E-state index in [-0.39, 0.29) is 18.7 Å². The van der Waals surface area contributed by atoms with E-state index in [2.05, 4.69) is 5.32 Å². The van der Waals surface area contributed by atoms with Gasteiger partial charge in [0.05, 0.1) is 6.42 Å². The van der Waals surface area contributed by atoms with Gasteiger partial charge in [-0.1, -0.05) is 0 Å². The molecule has 0 fully saturated rings. The highest BCUT2D eigenvalue weighted by molar-refractivity contribution is 5.89. The molecule has 0 aliphatic carbocycles. The molecule has 1 rings (SSSR count). The molecule has 0 bridgehead atoms. The Hall–Kier alpha value is -2.25. The van der Waals surface area contributed by atoms with E-state index in [0.29, 0.717) is 12.1 Å². The molecule has 0 aliphatic heterocycles. The highest BCUT2D eigenvalue weighted by Gasteiger charge is 2.21. The maximum atomic E-state index is 13.0. The molecule has 0 aliphatic rings. The number of aliphatic carboxylic acids is 1. The Morgan fingerprint density at radius 2 is 1.81 bits per heavy atom. The number of carboxylic acid groups (broad SMARTS) is 1. The summed E-state index contributed by atoms with van der Waals surface area (Å²) in [6.07, 6.45) is -0.270. The van der Waals surface area contributed by atoms with Gasteiger partial charge in [0, 0.05) is 30.4 Å². The minimum atomic E-state index is -1.63. The van der Waals surface area contributed by atoms with Crippen molar-refractivity contribution in [2.75, 3.05) is 11.9 Å². The van der Waals surface area contributed by atoms with Crippen molar-refractivity contribution in [2.45, 2.75) is 26.3 Å². The number of nitrogens with one attached hydrogen (secondary N) is 1. The Kier molecular flexibility index (Phi) is 5.57. The van der Waals surface area contributed by atoms with Crippen molar-refractivity contribution in [2.24, 2.45) is 0 Å². The summed E-state index contributed by atoms with van der Waals surface area (Å²) in [5.74, 6) is -5.55. The molecule has 0 aromatic heterocycles. The molecule has 8 heteroatoms. The molecule has 0 saturated carbocycles. The number of halogens is 3. The third kappa shape index (κ3) is 4.37. The van der Waals surface area contributed by atoms with Gasteiger partial charge in [-0.05, 0) is 13.8 Å². The van der Waals surface area contributed by atoms with E-state index in [0.717, 1.165) is 0 Å². The molecule has 21 heavy (non-hydrogen) atoms. The first-order chi connectivity index (χ1) is 9.76. The van der Waals surface area contributed by atoms with Gasteiger partial charge in [0.2, 0.25) is 0 Å². The Morgan fingerprint density at radius 3 is 2.24 bits per heavy atom. The Labute approximate surface area is 119 Å². The topological polar surface area (TPSA) is 69.6 Å². The van der Waals surface area contributed by atoms with Gasteiger partial charge < -0.3 is 15.3 Å². The zero-order valence-electron chi connectivity index (χ0n) is 11.5. The lowest BCUT2D eigenvalue weighted by Crippen LogP contribution is -2.42. The summed E-state index contributed by atoms with van der Waals surface area (Å²) < 4.78 is 38.9. The molecule has 116 valence electrons. The van der Waals surface area contributed by atoms with Crippen LogP contribution in [0, 0.1) is 17.5 Å². The summed E-state index contributed by atoms with van der Waals surface area (Å²) in [5.41, 5.74) is -0.252. The van der Waals surface area contributed by atoms with Crippen molar-refractivity contribution in [3.63, 3.8) is 0 Å². The average molecular weight is 304 g/mol. The van der Waals surface area contributed by atoms with Crippen molar-refractivity contribution >= 4 is 17.7 Å². The van der Waals surface area contributed by atoms with Gasteiger partial charge in [0.25, 0.3) is 0 Å². The first-order valence-electron chi connectivity index (χ1n) is 6.20. The molecular formula is C13H15F3N2O3. The molecule has 2 N–H and O–H groups in total. The Bertz CT molecular complexity index is 528. The molecule has 1 aromatic rings. The number of carbonyl (C=O) groups excluding carboxylic acids is 1. The monoisotopic (exact) mass is 304 g/mol. The number of urea groups is 1. The third-order valence-corrected chi connectivity index (χ3v) is 2.84. The van der Waals surface area contributed by atoms with E-state index < -0.39 is 35.5 Å². The van der Waals surface area contributed by atoms with Crippen LogP contribution in [-0.2, 0) is 4.79 Å². The SMILES string of the molecule is CCN(C(=O)Nc1cc(F)c(F)c(F)c1)C(C)CC(=O)O. The number of carboxylic acids is 1. The van der Waals surface area contributed by atoms with Crippen LogP contribution in [0.25, 0.3) is 0 Å². The predicted molar refractivity (Wildman–Crippen MR) is 69.4 cm³/mol. The number of anilines is 1. The number of rotatable bonds is 5. The quantitative estimate of drug-likeness (QED) is 0.822. The summed E-state index contributed by atoms with van der Waals surface area (Å²) in [4.78, 5) is 23.8. The second-order valence-corrected chi connectivity index (χ2v) is 4.42. The van der Waals surface area contributed by atoms with Crippen LogP contribution in [0.3, 0.4) is 0 Å². The molecule has 1 unspecified atom stereocenters. The third-order valence-electron chi connectivity index (χ3n) is 2.84. The van der Waals surface area contributed by atoms with Crippen LogP contribution in [0.1, 0.15) is 20.3 Å². The van der Waals surface area contributed by atoms with Crippen molar-refractivity contribution < 1.29 is 27.9 Å². The number of hydrogen-bond donors (Lipinski definition) is 2. The van der Waals surface area contributed by atoms with E-state index >= 15 is 0 Å². The molecule has 0 saturated heterocycles. The van der Waals surface area contributed by atoms with Gasteiger partial charge >= 0.3 is 12.0 Å². The number of hydrogen-bond acceptors (Lipinski definition) is 2. The standard InChI is InChI=1S/C13H15F3N2O3/c1-3-18(7(2)4-11(19)20)13(21)17-8-5-9(14)12(16)10(15)6-8/h5-7H,3-4H2,1-2H3,(H,17,21)(H,19,20). The van der Waals surface area contributed by atoms with Crippen LogP contribution in [0.5, 0.6) is 0 Å². The molecule has 5 nitrogen and oxygen atoms in total. The minimum Gasteiger partial charge on any atom is -0.481 e. The normalized spacial score (nSPS) is 11.9. The maximum absolute atomic E-state index is 13.0. The second-order valence-electron chi connectivity index (χ2n) is 4.42. The summed E-state index contributed by atoms with van der Waals surface area (Å²) in [5, 5.41) is 10.9.